The molecule has 158 valence electrons. The molecule has 0 aliphatic rings. The van der Waals surface area contributed by atoms with Gasteiger partial charge in [-0.3, -0.25) is 4.98 Å². The van der Waals surface area contributed by atoms with Crippen molar-refractivity contribution >= 4 is 0 Å². The molecule has 0 saturated heterocycles. The molecule has 0 fully saturated rings. The van der Waals surface area contributed by atoms with Gasteiger partial charge in [-0.05, 0) is 47.5 Å². The molecule has 0 radical (unpaired) electrons. The second kappa shape index (κ2) is 8.04. The predicted octanol–water partition coefficient (Wildman–Crippen LogP) is 6.58. The van der Waals surface area contributed by atoms with Crippen molar-refractivity contribution in [1.29, 1.82) is 0 Å². The number of benzene rings is 2. The second-order valence-electron chi connectivity index (χ2n) is 6.60. The maximum atomic E-state index is 13.4. The lowest BCUT2D eigenvalue weighted by molar-refractivity contribution is -0.140. The molecular weight excluding hydrogens is 418 g/mol. The minimum Gasteiger partial charge on any atom is -0.257 e. The van der Waals surface area contributed by atoms with Crippen molar-refractivity contribution in [3.05, 3.63) is 99.9 Å². The van der Waals surface area contributed by atoms with Gasteiger partial charge in [-0.15, -0.1) is 0 Å². The van der Waals surface area contributed by atoms with E-state index in [1.807, 2.05) is 0 Å². The Morgan fingerprint density at radius 1 is 0.600 bits per heavy atom. The number of halogens is 8. The minimum absolute atomic E-state index is 0.0333. The monoisotopic (exact) mass is 431 g/mol. The van der Waals surface area contributed by atoms with Crippen LogP contribution in [0.15, 0.2) is 54.6 Å². The number of aromatic nitrogens is 1. The molecule has 0 amide bonds. The molecule has 1 aromatic heterocycles. The molecule has 0 spiro atoms. The molecule has 0 aliphatic heterocycles. The molecule has 0 bridgehead atoms. The molecular formula is C21H13F8N. The lowest BCUT2D eigenvalue weighted by Crippen LogP contribution is -2.09. The van der Waals surface area contributed by atoms with Gasteiger partial charge in [0, 0.05) is 24.2 Å². The highest BCUT2D eigenvalue weighted by Gasteiger charge is 2.35. The van der Waals surface area contributed by atoms with Gasteiger partial charge >= 0.3 is 12.4 Å². The van der Waals surface area contributed by atoms with Crippen LogP contribution in [0.25, 0.3) is 0 Å². The largest absolute Gasteiger partial charge is 0.419 e. The molecule has 0 saturated carbocycles. The van der Waals surface area contributed by atoms with Crippen LogP contribution in [-0.4, -0.2) is 4.98 Å². The molecule has 1 heterocycles. The summed E-state index contributed by atoms with van der Waals surface area (Å²) >= 11 is 0. The smallest absolute Gasteiger partial charge is 0.257 e. The van der Waals surface area contributed by atoms with E-state index < -0.39 is 35.1 Å². The number of nitrogens with zero attached hydrogens (tertiary/aromatic N) is 1. The first-order valence-electron chi connectivity index (χ1n) is 8.59. The summed E-state index contributed by atoms with van der Waals surface area (Å²) in [4.78, 5) is 4.24. The normalized spacial score (nSPS) is 12.3. The standard InChI is InChI=1S/C21H13F8N/c22-18-6-4-12(10-16(18)20(24,25)26)8-14-2-1-3-15(30-14)9-13-5-7-19(23)17(11-13)21(27,28)29/h1-7,10-11H,8-9H2. The summed E-state index contributed by atoms with van der Waals surface area (Å²) in [5.41, 5.74) is -1.72. The van der Waals surface area contributed by atoms with Gasteiger partial charge in [0.05, 0.1) is 11.1 Å². The van der Waals surface area contributed by atoms with Crippen molar-refractivity contribution in [2.45, 2.75) is 25.2 Å². The topological polar surface area (TPSA) is 12.9 Å². The number of pyridine rings is 1. The van der Waals surface area contributed by atoms with Crippen molar-refractivity contribution in [3.8, 4) is 0 Å². The molecule has 2 aromatic carbocycles. The van der Waals surface area contributed by atoms with Gasteiger partial charge in [-0.1, -0.05) is 18.2 Å². The number of hydrogen-bond donors (Lipinski definition) is 0. The molecule has 0 aliphatic carbocycles. The van der Waals surface area contributed by atoms with E-state index in [0.29, 0.717) is 23.5 Å². The highest BCUT2D eigenvalue weighted by molar-refractivity contribution is 5.32. The average molecular weight is 431 g/mol. The Hall–Kier alpha value is -2.97. The first kappa shape index (κ1) is 21.7. The lowest BCUT2D eigenvalue weighted by Gasteiger charge is -2.11. The van der Waals surface area contributed by atoms with Gasteiger partial charge in [-0.2, -0.15) is 26.3 Å². The summed E-state index contributed by atoms with van der Waals surface area (Å²) in [6, 6.07) is 9.86. The van der Waals surface area contributed by atoms with Crippen LogP contribution in [0.1, 0.15) is 33.6 Å². The maximum Gasteiger partial charge on any atom is 0.419 e. The van der Waals surface area contributed by atoms with Gasteiger partial charge in [0.15, 0.2) is 0 Å². The third kappa shape index (κ3) is 5.14. The van der Waals surface area contributed by atoms with Crippen molar-refractivity contribution in [2.24, 2.45) is 0 Å². The molecule has 9 heteroatoms. The summed E-state index contributed by atoms with van der Waals surface area (Å²) in [6.07, 6.45) is -9.74. The molecule has 3 aromatic rings. The first-order valence-corrected chi connectivity index (χ1v) is 8.59. The summed E-state index contributed by atoms with van der Waals surface area (Å²) in [5.74, 6) is -2.77. The van der Waals surface area contributed by atoms with E-state index in [-0.39, 0.29) is 24.0 Å². The Morgan fingerprint density at radius 2 is 1.00 bits per heavy atom. The lowest BCUT2D eigenvalue weighted by atomic mass is 10.0. The highest BCUT2D eigenvalue weighted by Crippen LogP contribution is 2.33. The summed E-state index contributed by atoms with van der Waals surface area (Å²) in [7, 11) is 0. The quantitative estimate of drug-likeness (QED) is 0.426. The predicted molar refractivity (Wildman–Crippen MR) is 92.7 cm³/mol. The molecule has 1 nitrogen and oxygen atoms in total. The van der Waals surface area contributed by atoms with Crippen molar-refractivity contribution in [2.75, 3.05) is 0 Å². The fourth-order valence-corrected chi connectivity index (χ4v) is 2.94. The van der Waals surface area contributed by atoms with Crippen LogP contribution in [0.3, 0.4) is 0 Å². The number of alkyl halides is 6. The second-order valence-corrected chi connectivity index (χ2v) is 6.60. The van der Waals surface area contributed by atoms with Crippen molar-refractivity contribution in [1.82, 2.24) is 4.98 Å². The summed E-state index contributed by atoms with van der Waals surface area (Å²) in [5, 5.41) is 0. The van der Waals surface area contributed by atoms with Crippen LogP contribution in [0.2, 0.25) is 0 Å². The first-order chi connectivity index (χ1) is 13.9. The highest BCUT2D eigenvalue weighted by atomic mass is 19.4. The molecule has 3 rings (SSSR count). The van der Waals surface area contributed by atoms with Crippen LogP contribution >= 0.6 is 0 Å². The van der Waals surface area contributed by atoms with Crippen LogP contribution in [0, 0.1) is 11.6 Å². The Bertz CT molecular complexity index is 973. The minimum atomic E-state index is -4.84. The third-order valence-electron chi connectivity index (χ3n) is 4.31. The number of rotatable bonds is 4. The van der Waals surface area contributed by atoms with Gasteiger partial charge < -0.3 is 0 Å². The number of hydrogen-bond acceptors (Lipinski definition) is 1. The van der Waals surface area contributed by atoms with E-state index in [2.05, 4.69) is 4.98 Å². The molecule has 0 atom stereocenters. The van der Waals surface area contributed by atoms with E-state index in [1.165, 1.54) is 24.3 Å². The Morgan fingerprint density at radius 3 is 1.37 bits per heavy atom. The zero-order valence-corrected chi connectivity index (χ0v) is 15.1. The summed E-state index contributed by atoms with van der Waals surface area (Å²) < 4.78 is 104. The van der Waals surface area contributed by atoms with E-state index in [0.717, 1.165) is 12.1 Å². The zero-order chi connectivity index (χ0) is 22.1. The zero-order valence-electron chi connectivity index (χ0n) is 15.1. The average Bonchev–Trinajstić information content (AvgIpc) is 2.63. The van der Waals surface area contributed by atoms with Gasteiger partial charge in [0.1, 0.15) is 11.6 Å². The van der Waals surface area contributed by atoms with E-state index in [4.69, 9.17) is 0 Å². The SMILES string of the molecule is Fc1ccc(Cc2cccc(Cc3ccc(F)c(C(F)(F)F)c3)n2)cc1C(F)(F)F. The van der Waals surface area contributed by atoms with Crippen molar-refractivity contribution in [3.63, 3.8) is 0 Å². The van der Waals surface area contributed by atoms with Crippen LogP contribution in [0.5, 0.6) is 0 Å². The van der Waals surface area contributed by atoms with E-state index in [1.54, 1.807) is 6.07 Å². The van der Waals surface area contributed by atoms with E-state index in [9.17, 15) is 35.1 Å². The van der Waals surface area contributed by atoms with Crippen LogP contribution in [-0.2, 0) is 25.2 Å². The Labute approximate surface area is 166 Å². The van der Waals surface area contributed by atoms with E-state index >= 15 is 0 Å². The fourth-order valence-electron chi connectivity index (χ4n) is 2.94. The fraction of sp³-hybridized carbons (Fsp3) is 0.190. The van der Waals surface area contributed by atoms with Crippen LogP contribution in [0.4, 0.5) is 35.1 Å². The van der Waals surface area contributed by atoms with Crippen molar-refractivity contribution < 1.29 is 35.1 Å². The molecule has 0 N–H and O–H groups in total. The Kier molecular flexibility index (Phi) is 5.83. The maximum absolute atomic E-state index is 13.4. The molecule has 30 heavy (non-hydrogen) atoms. The van der Waals surface area contributed by atoms with Gasteiger partial charge in [-0.25, -0.2) is 8.78 Å². The van der Waals surface area contributed by atoms with Gasteiger partial charge in [0.2, 0.25) is 0 Å². The third-order valence-corrected chi connectivity index (χ3v) is 4.31. The summed E-state index contributed by atoms with van der Waals surface area (Å²) in [6.45, 7) is 0. The van der Waals surface area contributed by atoms with Gasteiger partial charge in [0.25, 0.3) is 0 Å². The molecule has 0 unspecified atom stereocenters. The van der Waals surface area contributed by atoms with Crippen LogP contribution < -0.4 is 0 Å². The Balaban J connectivity index is 1.83.